The van der Waals surface area contributed by atoms with Crippen molar-refractivity contribution in [3.8, 4) is 11.5 Å². The fourth-order valence-corrected chi connectivity index (χ4v) is 5.93. The smallest absolute Gasteiger partial charge is 0.264 e. The van der Waals surface area contributed by atoms with E-state index in [0.717, 1.165) is 47.8 Å². The van der Waals surface area contributed by atoms with Crippen LogP contribution in [-0.4, -0.2) is 64.7 Å². The highest BCUT2D eigenvalue weighted by molar-refractivity contribution is 7.92. The Morgan fingerprint density at radius 1 is 0.952 bits per heavy atom. The number of methoxy groups -OCH3 is 1. The number of piperidine rings is 1. The number of hydrogen-bond donors (Lipinski definition) is 1. The van der Waals surface area contributed by atoms with Crippen LogP contribution >= 0.6 is 0 Å². The van der Waals surface area contributed by atoms with Gasteiger partial charge < -0.3 is 14.4 Å². The average Bonchev–Trinajstić information content (AvgIpc) is 3.00. The molecule has 0 radical (unpaired) electrons. The number of rotatable bonds is 11. The summed E-state index contributed by atoms with van der Waals surface area (Å²) in [6, 6.07) is 18.4. The first-order valence-corrected chi connectivity index (χ1v) is 15.2. The molecule has 0 bridgehead atoms. The third kappa shape index (κ3) is 7.88. The predicted octanol–water partition coefficient (Wildman–Crippen LogP) is 4.05. The first-order chi connectivity index (χ1) is 20.2. The molecule has 3 aromatic carbocycles. The average molecular weight is 593 g/mol. The maximum atomic E-state index is 13.7. The number of nitrogens with zero attached hydrogens (tertiary/aromatic N) is 3. The van der Waals surface area contributed by atoms with Crippen molar-refractivity contribution >= 4 is 33.7 Å². The lowest BCUT2D eigenvalue weighted by Gasteiger charge is -2.26. The summed E-state index contributed by atoms with van der Waals surface area (Å²) in [7, 11) is -2.67. The molecule has 0 unspecified atom stereocenters. The number of hydrogen-bond acceptors (Lipinski definition) is 7. The lowest BCUT2D eigenvalue weighted by molar-refractivity contribution is -0.134. The van der Waals surface area contributed by atoms with Crippen LogP contribution in [0.15, 0.2) is 76.7 Å². The number of hydrazone groups is 1. The number of nitrogens with one attached hydrogen (secondary N) is 1. The van der Waals surface area contributed by atoms with Gasteiger partial charge in [-0.15, -0.1) is 0 Å². The summed E-state index contributed by atoms with van der Waals surface area (Å²) in [4.78, 5) is 27.1. The normalized spacial score (nSPS) is 13.5. The number of sulfonamides is 1. The standard InChI is InChI=1S/C31H36N4O6S/c1-23-7-14-27(15-8-23)42(38,39)35(28-19-24(2)9-16-29(28)40-3)21-30(36)33-32-20-25-10-12-26(13-11-25)41-22-31(37)34-17-5-4-6-18-34/h7-16,19-20H,4-6,17-18,21-22H2,1-3H3,(H,33,36)/b32-20-. The van der Waals surface area contributed by atoms with E-state index in [4.69, 9.17) is 9.47 Å². The summed E-state index contributed by atoms with van der Waals surface area (Å²) in [5.74, 6) is 0.199. The molecule has 1 heterocycles. The van der Waals surface area contributed by atoms with Gasteiger partial charge in [0.25, 0.3) is 21.8 Å². The van der Waals surface area contributed by atoms with Crippen molar-refractivity contribution in [3.63, 3.8) is 0 Å². The fourth-order valence-electron chi connectivity index (χ4n) is 4.51. The topological polar surface area (TPSA) is 118 Å². The molecule has 10 nitrogen and oxygen atoms in total. The van der Waals surface area contributed by atoms with Gasteiger partial charge in [-0.3, -0.25) is 13.9 Å². The van der Waals surface area contributed by atoms with Crippen molar-refractivity contribution in [2.75, 3.05) is 37.7 Å². The van der Waals surface area contributed by atoms with Crippen molar-refractivity contribution in [2.24, 2.45) is 5.10 Å². The lowest BCUT2D eigenvalue weighted by Crippen LogP contribution is -2.39. The molecule has 1 aliphatic rings. The molecule has 42 heavy (non-hydrogen) atoms. The molecule has 222 valence electrons. The van der Waals surface area contributed by atoms with Crippen molar-refractivity contribution in [3.05, 3.63) is 83.4 Å². The predicted molar refractivity (Wildman–Crippen MR) is 162 cm³/mol. The van der Waals surface area contributed by atoms with E-state index in [1.807, 2.05) is 18.7 Å². The van der Waals surface area contributed by atoms with Gasteiger partial charge in [-0.2, -0.15) is 5.10 Å². The summed E-state index contributed by atoms with van der Waals surface area (Å²) in [5, 5.41) is 4.00. The Hall–Kier alpha value is -4.38. The van der Waals surface area contributed by atoms with Gasteiger partial charge in [0.1, 0.15) is 18.0 Å². The second kappa shape index (κ2) is 14.0. The highest BCUT2D eigenvalue weighted by Crippen LogP contribution is 2.33. The number of ether oxygens (including phenoxy) is 2. The zero-order valence-corrected chi connectivity index (χ0v) is 24.9. The number of aryl methyl sites for hydroxylation is 2. The third-order valence-corrected chi connectivity index (χ3v) is 8.63. The SMILES string of the molecule is COc1ccc(C)cc1N(CC(=O)N/N=C\c1ccc(OCC(=O)N2CCCCC2)cc1)S(=O)(=O)c1ccc(C)cc1. The second-order valence-corrected chi connectivity index (χ2v) is 12.0. The van der Waals surface area contributed by atoms with Crippen LogP contribution in [0.1, 0.15) is 36.0 Å². The van der Waals surface area contributed by atoms with Crippen LogP contribution in [0, 0.1) is 13.8 Å². The van der Waals surface area contributed by atoms with Crippen molar-refractivity contribution in [1.29, 1.82) is 0 Å². The van der Waals surface area contributed by atoms with Gasteiger partial charge >= 0.3 is 0 Å². The van der Waals surface area contributed by atoms with Crippen LogP contribution in [-0.2, 0) is 19.6 Å². The molecule has 2 amide bonds. The molecule has 1 saturated heterocycles. The van der Waals surface area contributed by atoms with Gasteiger partial charge in [0.05, 0.1) is 23.9 Å². The molecular weight excluding hydrogens is 556 g/mol. The molecule has 0 saturated carbocycles. The van der Waals surface area contributed by atoms with E-state index in [2.05, 4.69) is 10.5 Å². The van der Waals surface area contributed by atoms with Crippen LogP contribution < -0.4 is 19.2 Å². The molecule has 0 aliphatic carbocycles. The van der Waals surface area contributed by atoms with Crippen molar-refractivity contribution in [2.45, 2.75) is 38.0 Å². The minimum atomic E-state index is -4.12. The van der Waals surface area contributed by atoms with Gasteiger partial charge in [0.2, 0.25) is 0 Å². The van der Waals surface area contributed by atoms with E-state index in [1.54, 1.807) is 54.6 Å². The fraction of sp³-hybridized carbons (Fsp3) is 0.323. The Bertz CT molecular complexity index is 1520. The Morgan fingerprint density at radius 2 is 1.62 bits per heavy atom. The minimum Gasteiger partial charge on any atom is -0.495 e. The summed E-state index contributed by atoms with van der Waals surface area (Å²) in [6.45, 7) is 4.70. The van der Waals surface area contributed by atoms with Crippen LogP contribution in [0.3, 0.4) is 0 Å². The molecule has 11 heteroatoms. The van der Waals surface area contributed by atoms with Gasteiger partial charge in [-0.05, 0) is 92.8 Å². The van der Waals surface area contributed by atoms with E-state index in [0.29, 0.717) is 17.1 Å². The zero-order valence-electron chi connectivity index (χ0n) is 24.1. The Balaban J connectivity index is 1.42. The highest BCUT2D eigenvalue weighted by Gasteiger charge is 2.29. The molecule has 0 aromatic heterocycles. The van der Waals surface area contributed by atoms with Crippen molar-refractivity contribution in [1.82, 2.24) is 10.3 Å². The molecule has 4 rings (SSSR count). The monoisotopic (exact) mass is 592 g/mol. The summed E-state index contributed by atoms with van der Waals surface area (Å²) in [5.41, 5.74) is 5.04. The molecular formula is C31H36N4O6S. The Morgan fingerprint density at radius 3 is 2.29 bits per heavy atom. The number of benzene rings is 3. The molecule has 1 aliphatic heterocycles. The van der Waals surface area contributed by atoms with E-state index < -0.39 is 22.5 Å². The summed E-state index contributed by atoms with van der Waals surface area (Å²) < 4.78 is 39.4. The van der Waals surface area contributed by atoms with E-state index in [-0.39, 0.29) is 23.1 Å². The second-order valence-electron chi connectivity index (χ2n) is 10.1. The number of likely N-dealkylation sites (tertiary alicyclic amines) is 1. The van der Waals surface area contributed by atoms with Gasteiger partial charge in [0.15, 0.2) is 6.61 Å². The largest absolute Gasteiger partial charge is 0.495 e. The maximum Gasteiger partial charge on any atom is 0.264 e. The van der Waals surface area contributed by atoms with Gasteiger partial charge in [0, 0.05) is 13.1 Å². The van der Waals surface area contributed by atoms with Gasteiger partial charge in [-0.1, -0.05) is 23.8 Å². The lowest BCUT2D eigenvalue weighted by atomic mass is 10.1. The van der Waals surface area contributed by atoms with E-state index in [1.165, 1.54) is 25.5 Å². The van der Waals surface area contributed by atoms with Crippen molar-refractivity contribution < 1.29 is 27.5 Å². The number of anilines is 1. The first kappa shape index (κ1) is 30.6. The van der Waals surface area contributed by atoms with E-state index >= 15 is 0 Å². The number of carbonyl (C=O) groups excluding carboxylic acids is 2. The van der Waals surface area contributed by atoms with Crippen LogP contribution in [0.4, 0.5) is 5.69 Å². The van der Waals surface area contributed by atoms with Crippen LogP contribution in [0.2, 0.25) is 0 Å². The highest BCUT2D eigenvalue weighted by atomic mass is 32.2. The Kier molecular flexibility index (Phi) is 10.2. The van der Waals surface area contributed by atoms with E-state index in [9.17, 15) is 18.0 Å². The van der Waals surface area contributed by atoms with Crippen LogP contribution in [0.25, 0.3) is 0 Å². The number of amides is 2. The molecule has 1 N–H and O–H groups in total. The Labute approximate surface area is 247 Å². The minimum absolute atomic E-state index is 0.0167. The maximum absolute atomic E-state index is 13.7. The zero-order chi connectivity index (χ0) is 30.1. The third-order valence-electron chi connectivity index (χ3n) is 6.85. The molecule has 3 aromatic rings. The van der Waals surface area contributed by atoms with Crippen LogP contribution in [0.5, 0.6) is 11.5 Å². The van der Waals surface area contributed by atoms with Gasteiger partial charge in [-0.25, -0.2) is 13.8 Å². The summed E-state index contributed by atoms with van der Waals surface area (Å²) >= 11 is 0. The molecule has 1 fully saturated rings. The number of carbonyl (C=O) groups is 2. The quantitative estimate of drug-likeness (QED) is 0.265. The summed E-state index contributed by atoms with van der Waals surface area (Å²) in [6.07, 6.45) is 4.64. The molecule has 0 atom stereocenters. The molecule has 0 spiro atoms. The first-order valence-electron chi connectivity index (χ1n) is 13.7.